The number of carbonyl (C=O) groups excluding carboxylic acids is 1. The molecule has 0 saturated heterocycles. The quantitative estimate of drug-likeness (QED) is 0.698. The number of rotatable bonds is 5. The zero-order chi connectivity index (χ0) is 11.3. The molecule has 4 nitrogen and oxygen atoms in total. The second-order valence-electron chi connectivity index (χ2n) is 4.38. The molecule has 0 bridgehead atoms. The third kappa shape index (κ3) is 3.18. The molecule has 88 valence electrons. The van der Waals surface area contributed by atoms with Gasteiger partial charge in [0, 0.05) is 7.11 Å². The van der Waals surface area contributed by atoms with Crippen LogP contribution in [0, 0.1) is 5.92 Å². The fourth-order valence-electron chi connectivity index (χ4n) is 2.01. The molecule has 1 rings (SSSR count). The molecule has 0 aromatic carbocycles. The van der Waals surface area contributed by atoms with Gasteiger partial charge in [-0.3, -0.25) is 4.79 Å². The third-order valence-electron chi connectivity index (χ3n) is 3.20. The average Bonchev–Trinajstić information content (AvgIpc) is 2.21. The summed E-state index contributed by atoms with van der Waals surface area (Å²) >= 11 is 0. The Labute approximate surface area is 91.1 Å². The van der Waals surface area contributed by atoms with Gasteiger partial charge in [0.15, 0.2) is 0 Å². The summed E-state index contributed by atoms with van der Waals surface area (Å²) in [6.07, 6.45) is 3.51. The highest BCUT2D eigenvalue weighted by Gasteiger charge is 2.40. The topological polar surface area (TPSA) is 61.6 Å². The fraction of sp³-hybridized carbons (Fsp3) is 0.909. The molecule has 1 saturated carbocycles. The zero-order valence-corrected chi connectivity index (χ0v) is 9.62. The molecule has 0 unspecified atom stereocenters. The van der Waals surface area contributed by atoms with Crippen LogP contribution in [0.25, 0.3) is 0 Å². The molecule has 1 aliphatic carbocycles. The summed E-state index contributed by atoms with van der Waals surface area (Å²) in [7, 11) is 1.61. The smallest absolute Gasteiger partial charge is 0.249 e. The Morgan fingerprint density at radius 2 is 2.00 bits per heavy atom. The molecule has 0 aromatic heterocycles. The van der Waals surface area contributed by atoms with Gasteiger partial charge in [-0.25, -0.2) is 0 Å². The van der Waals surface area contributed by atoms with E-state index in [1.54, 1.807) is 7.11 Å². The minimum Gasteiger partial charge on any atom is -0.382 e. The highest BCUT2D eigenvalue weighted by atomic mass is 16.5. The van der Waals surface area contributed by atoms with Crippen molar-refractivity contribution in [3.8, 4) is 0 Å². The van der Waals surface area contributed by atoms with Crippen LogP contribution in [0.4, 0.5) is 0 Å². The predicted molar refractivity (Wildman–Crippen MR) is 57.4 cm³/mol. The molecule has 0 radical (unpaired) electrons. The second kappa shape index (κ2) is 5.47. The van der Waals surface area contributed by atoms with Crippen LogP contribution in [-0.4, -0.2) is 31.8 Å². The molecule has 0 spiro atoms. The standard InChI is InChI=1S/C11H21NO3/c1-9-3-5-11(6-4-9,10(12)13)15-8-7-14-2/h9H,3-8H2,1-2H3,(H2,12,13). The minimum atomic E-state index is -0.731. The lowest BCUT2D eigenvalue weighted by molar-refractivity contribution is -0.152. The maximum Gasteiger partial charge on any atom is 0.249 e. The van der Waals surface area contributed by atoms with Crippen molar-refractivity contribution in [2.45, 2.75) is 38.2 Å². The molecule has 1 fully saturated rings. The van der Waals surface area contributed by atoms with Crippen molar-refractivity contribution < 1.29 is 14.3 Å². The van der Waals surface area contributed by atoms with Crippen LogP contribution in [-0.2, 0) is 14.3 Å². The van der Waals surface area contributed by atoms with Crippen molar-refractivity contribution >= 4 is 5.91 Å². The monoisotopic (exact) mass is 215 g/mol. The molecule has 0 aromatic rings. The van der Waals surface area contributed by atoms with Gasteiger partial charge in [0.2, 0.25) is 5.91 Å². The summed E-state index contributed by atoms with van der Waals surface area (Å²) in [5.41, 5.74) is 4.69. The number of methoxy groups -OCH3 is 1. The fourth-order valence-corrected chi connectivity index (χ4v) is 2.01. The SMILES string of the molecule is COCCOC1(C(N)=O)CCC(C)CC1. The molecular formula is C11H21NO3. The van der Waals surface area contributed by atoms with E-state index in [0.717, 1.165) is 25.7 Å². The Morgan fingerprint density at radius 3 is 2.47 bits per heavy atom. The van der Waals surface area contributed by atoms with Crippen LogP contribution >= 0.6 is 0 Å². The summed E-state index contributed by atoms with van der Waals surface area (Å²) < 4.78 is 10.5. The number of primary amides is 1. The van der Waals surface area contributed by atoms with E-state index >= 15 is 0 Å². The molecule has 15 heavy (non-hydrogen) atoms. The Balaban J connectivity index is 2.51. The van der Waals surface area contributed by atoms with E-state index in [4.69, 9.17) is 15.2 Å². The number of hydrogen-bond acceptors (Lipinski definition) is 3. The summed E-state index contributed by atoms with van der Waals surface area (Å²) in [5.74, 6) is 0.342. The Bertz CT molecular complexity index is 210. The van der Waals surface area contributed by atoms with Crippen molar-refractivity contribution in [2.24, 2.45) is 11.7 Å². The number of ether oxygens (including phenoxy) is 2. The van der Waals surface area contributed by atoms with Crippen molar-refractivity contribution in [1.29, 1.82) is 0 Å². The molecular weight excluding hydrogens is 194 g/mol. The van der Waals surface area contributed by atoms with E-state index in [2.05, 4.69) is 6.92 Å². The van der Waals surface area contributed by atoms with Gasteiger partial charge >= 0.3 is 0 Å². The minimum absolute atomic E-state index is 0.328. The van der Waals surface area contributed by atoms with Crippen molar-refractivity contribution in [3.63, 3.8) is 0 Å². The van der Waals surface area contributed by atoms with Crippen LogP contribution in [0.3, 0.4) is 0 Å². The summed E-state index contributed by atoms with van der Waals surface area (Å²) in [6, 6.07) is 0. The van der Waals surface area contributed by atoms with Gasteiger partial charge < -0.3 is 15.2 Å². The molecule has 2 N–H and O–H groups in total. The van der Waals surface area contributed by atoms with Gasteiger partial charge in [0.25, 0.3) is 0 Å². The summed E-state index contributed by atoms with van der Waals surface area (Å²) in [6.45, 7) is 3.14. The Kier molecular flexibility index (Phi) is 4.54. The van der Waals surface area contributed by atoms with Gasteiger partial charge in [-0.2, -0.15) is 0 Å². The van der Waals surface area contributed by atoms with Gasteiger partial charge in [-0.15, -0.1) is 0 Å². The summed E-state index contributed by atoms with van der Waals surface area (Å²) in [4.78, 5) is 11.4. The Hall–Kier alpha value is -0.610. The number of carbonyl (C=O) groups is 1. The van der Waals surface area contributed by atoms with Crippen molar-refractivity contribution in [2.75, 3.05) is 20.3 Å². The lowest BCUT2D eigenvalue weighted by Crippen LogP contribution is -2.49. The van der Waals surface area contributed by atoms with E-state index in [1.807, 2.05) is 0 Å². The lowest BCUT2D eigenvalue weighted by atomic mass is 9.79. The maximum absolute atomic E-state index is 11.4. The highest BCUT2D eigenvalue weighted by molar-refractivity contribution is 5.83. The lowest BCUT2D eigenvalue weighted by Gasteiger charge is -2.36. The van der Waals surface area contributed by atoms with Crippen LogP contribution in [0.1, 0.15) is 32.6 Å². The van der Waals surface area contributed by atoms with E-state index in [0.29, 0.717) is 19.1 Å². The van der Waals surface area contributed by atoms with Crippen molar-refractivity contribution in [1.82, 2.24) is 0 Å². The normalized spacial score (nSPS) is 31.5. The maximum atomic E-state index is 11.4. The first-order valence-electron chi connectivity index (χ1n) is 5.53. The second-order valence-corrected chi connectivity index (χ2v) is 4.38. The Morgan fingerprint density at radius 1 is 1.40 bits per heavy atom. The third-order valence-corrected chi connectivity index (χ3v) is 3.20. The van der Waals surface area contributed by atoms with Crippen LogP contribution < -0.4 is 5.73 Å². The van der Waals surface area contributed by atoms with E-state index in [9.17, 15) is 4.79 Å². The first kappa shape index (κ1) is 12.5. The van der Waals surface area contributed by atoms with Crippen LogP contribution in [0.2, 0.25) is 0 Å². The first-order valence-corrected chi connectivity index (χ1v) is 5.53. The number of hydrogen-bond donors (Lipinski definition) is 1. The van der Waals surface area contributed by atoms with E-state index in [1.165, 1.54) is 0 Å². The van der Waals surface area contributed by atoms with E-state index in [-0.39, 0.29) is 5.91 Å². The van der Waals surface area contributed by atoms with Gasteiger partial charge in [0.05, 0.1) is 13.2 Å². The molecule has 0 aliphatic heterocycles. The molecule has 0 atom stereocenters. The zero-order valence-electron chi connectivity index (χ0n) is 9.62. The van der Waals surface area contributed by atoms with Crippen LogP contribution in [0.5, 0.6) is 0 Å². The molecule has 1 aliphatic rings. The summed E-state index contributed by atoms with van der Waals surface area (Å²) in [5, 5.41) is 0. The van der Waals surface area contributed by atoms with Crippen molar-refractivity contribution in [3.05, 3.63) is 0 Å². The average molecular weight is 215 g/mol. The molecule has 4 heteroatoms. The first-order chi connectivity index (χ1) is 7.10. The largest absolute Gasteiger partial charge is 0.382 e. The van der Waals surface area contributed by atoms with Gasteiger partial charge in [0.1, 0.15) is 5.60 Å². The number of nitrogens with two attached hydrogens (primary N) is 1. The molecule has 1 amide bonds. The van der Waals surface area contributed by atoms with Crippen LogP contribution in [0.15, 0.2) is 0 Å². The molecule has 0 heterocycles. The number of amides is 1. The highest BCUT2D eigenvalue weighted by Crippen LogP contribution is 2.34. The predicted octanol–water partition coefficient (Wildman–Crippen LogP) is 1.08. The van der Waals surface area contributed by atoms with Gasteiger partial charge in [-0.1, -0.05) is 6.92 Å². The van der Waals surface area contributed by atoms with E-state index < -0.39 is 5.60 Å². The van der Waals surface area contributed by atoms with Gasteiger partial charge in [-0.05, 0) is 31.6 Å².